The molecule has 0 aliphatic carbocycles. The number of aromatic nitrogens is 2. The average molecular weight is 485 g/mol. The summed E-state index contributed by atoms with van der Waals surface area (Å²) in [7, 11) is 0. The predicted octanol–water partition coefficient (Wildman–Crippen LogP) is 2.77. The second-order valence-electron chi connectivity index (χ2n) is 7.99. The molecule has 6 heteroatoms. The van der Waals surface area contributed by atoms with E-state index in [1.165, 1.54) is 36.8 Å². The van der Waals surface area contributed by atoms with Gasteiger partial charge in [0, 0.05) is 0 Å². The third-order valence-corrected chi connectivity index (χ3v) is 8.91. The Hall–Kier alpha value is -1.85. The van der Waals surface area contributed by atoms with Crippen molar-refractivity contribution in [2.75, 3.05) is 51.1 Å². The van der Waals surface area contributed by atoms with Gasteiger partial charge in [-0.2, -0.15) is 0 Å². The molecule has 0 amide bonds. The zero-order valence-electron chi connectivity index (χ0n) is 19.3. The third kappa shape index (κ3) is 4.53. The number of benzene rings is 2. The molecule has 1 aliphatic rings. The van der Waals surface area contributed by atoms with Crippen molar-refractivity contribution in [2.24, 2.45) is 0 Å². The van der Waals surface area contributed by atoms with Crippen LogP contribution in [0.15, 0.2) is 36.4 Å². The molecular formula is C25H35N5Se. The molecule has 4 rings (SSSR count). The topological polar surface area (TPSA) is 36.3 Å². The van der Waals surface area contributed by atoms with Crippen LogP contribution in [-0.2, 0) is 6.54 Å². The van der Waals surface area contributed by atoms with Crippen LogP contribution >= 0.6 is 0 Å². The maximum atomic E-state index is 5.14. The Kier molecular flexibility index (Phi) is 7.34. The molecule has 2 heterocycles. The summed E-state index contributed by atoms with van der Waals surface area (Å²) in [5.74, 6) is 0. The van der Waals surface area contributed by atoms with Crippen LogP contribution in [0.2, 0.25) is 0 Å². The van der Waals surface area contributed by atoms with Gasteiger partial charge >= 0.3 is 193 Å². The van der Waals surface area contributed by atoms with Crippen LogP contribution in [0, 0.1) is 0 Å². The van der Waals surface area contributed by atoms with Crippen molar-refractivity contribution in [3.63, 3.8) is 0 Å². The zero-order chi connectivity index (χ0) is 21.8. The van der Waals surface area contributed by atoms with Crippen LogP contribution in [0.1, 0.15) is 27.7 Å². The number of fused-ring (bicyclic) bond motifs is 2. The maximum absolute atomic E-state index is 5.14. The quantitative estimate of drug-likeness (QED) is 0.332. The van der Waals surface area contributed by atoms with Gasteiger partial charge in [0.1, 0.15) is 0 Å². The van der Waals surface area contributed by atoms with E-state index in [1.807, 2.05) is 0 Å². The molecule has 0 spiro atoms. The zero-order valence-corrected chi connectivity index (χ0v) is 21.0. The Morgan fingerprint density at radius 1 is 0.903 bits per heavy atom. The minimum absolute atomic E-state index is 0.285. The minimum atomic E-state index is 0.285. The Labute approximate surface area is 193 Å². The molecule has 0 saturated heterocycles. The molecule has 0 bridgehead atoms. The van der Waals surface area contributed by atoms with Crippen molar-refractivity contribution in [3.05, 3.63) is 36.4 Å². The summed E-state index contributed by atoms with van der Waals surface area (Å²) < 4.78 is 5.15. The first-order valence-electron chi connectivity index (χ1n) is 11.7. The molecule has 1 aliphatic heterocycles. The Morgan fingerprint density at radius 2 is 1.61 bits per heavy atom. The van der Waals surface area contributed by atoms with Crippen LogP contribution in [0.4, 0.5) is 5.69 Å². The summed E-state index contributed by atoms with van der Waals surface area (Å²) in [6.45, 7) is 17.3. The number of rotatable bonds is 11. The monoisotopic (exact) mass is 485 g/mol. The van der Waals surface area contributed by atoms with Gasteiger partial charge in [0.15, 0.2) is 0 Å². The molecule has 31 heavy (non-hydrogen) atoms. The molecule has 0 unspecified atom stereocenters. The van der Waals surface area contributed by atoms with Gasteiger partial charge in [-0.05, 0) is 0 Å². The van der Waals surface area contributed by atoms with Gasteiger partial charge < -0.3 is 0 Å². The molecule has 0 atom stereocenters. The normalized spacial score (nSPS) is 12.7. The first-order chi connectivity index (χ1) is 15.2. The number of nitrogens with one attached hydrogen (secondary N) is 1. The third-order valence-electron chi connectivity index (χ3n) is 6.39. The second kappa shape index (κ2) is 10.2. The fraction of sp³-hybridized carbons (Fsp3) is 0.480. The van der Waals surface area contributed by atoms with Gasteiger partial charge in [-0.15, -0.1) is 0 Å². The van der Waals surface area contributed by atoms with E-state index in [4.69, 9.17) is 5.10 Å². The number of nitrogens with zero attached hydrogens (tertiary/aromatic N) is 4. The number of hydrogen-bond donors (Lipinski definition) is 1. The Balaban J connectivity index is 1.69. The summed E-state index contributed by atoms with van der Waals surface area (Å²) in [6.07, 6.45) is 0. The SMILES string of the molecule is CCN(CC)CCNc1ccc2c3c(nn2CCN(CC)CC)-c2ccccc2[Se]c13. The van der Waals surface area contributed by atoms with Crippen molar-refractivity contribution in [2.45, 2.75) is 34.2 Å². The van der Waals surface area contributed by atoms with E-state index in [2.05, 4.69) is 83.9 Å². The van der Waals surface area contributed by atoms with E-state index in [0.717, 1.165) is 52.4 Å². The average Bonchev–Trinajstić information content (AvgIpc) is 3.18. The van der Waals surface area contributed by atoms with Crippen LogP contribution in [-0.4, -0.2) is 80.4 Å². The van der Waals surface area contributed by atoms with E-state index in [0.29, 0.717) is 0 Å². The number of hydrogen-bond acceptors (Lipinski definition) is 4. The summed E-state index contributed by atoms with van der Waals surface area (Å²) in [5.41, 5.74) is 5.06. The van der Waals surface area contributed by atoms with Gasteiger partial charge in [-0.1, -0.05) is 0 Å². The summed E-state index contributed by atoms with van der Waals surface area (Å²) >= 11 is 0.285. The van der Waals surface area contributed by atoms with Crippen molar-refractivity contribution in [3.8, 4) is 11.3 Å². The molecule has 0 fully saturated rings. The predicted molar refractivity (Wildman–Crippen MR) is 134 cm³/mol. The van der Waals surface area contributed by atoms with Crippen LogP contribution < -0.4 is 14.2 Å². The van der Waals surface area contributed by atoms with Gasteiger partial charge in [-0.25, -0.2) is 0 Å². The van der Waals surface area contributed by atoms with Gasteiger partial charge in [0.25, 0.3) is 0 Å². The fourth-order valence-corrected chi connectivity index (χ4v) is 6.88. The number of anilines is 1. The van der Waals surface area contributed by atoms with Crippen molar-refractivity contribution >= 4 is 40.5 Å². The molecule has 0 saturated carbocycles. The van der Waals surface area contributed by atoms with E-state index < -0.39 is 0 Å². The standard InChI is InChI=1S/C25H35N5Se/c1-5-28(6-2)16-15-26-20-13-14-21-23-24(27-30(21)18-17-29(7-3)8-4)19-11-9-10-12-22(19)31-25(20)23/h9-14,26H,5-8,15-18H2,1-4H3. The Morgan fingerprint density at radius 3 is 2.35 bits per heavy atom. The van der Waals surface area contributed by atoms with Gasteiger partial charge in [0.05, 0.1) is 0 Å². The fourth-order valence-electron chi connectivity index (χ4n) is 4.37. The van der Waals surface area contributed by atoms with E-state index in [1.54, 1.807) is 0 Å². The molecule has 2 aromatic carbocycles. The molecule has 0 radical (unpaired) electrons. The van der Waals surface area contributed by atoms with Gasteiger partial charge in [0.2, 0.25) is 0 Å². The van der Waals surface area contributed by atoms with E-state index in [9.17, 15) is 0 Å². The van der Waals surface area contributed by atoms with Crippen molar-refractivity contribution in [1.29, 1.82) is 0 Å². The summed E-state index contributed by atoms with van der Waals surface area (Å²) in [5, 5.41) is 10.3. The van der Waals surface area contributed by atoms with Crippen LogP contribution in [0.5, 0.6) is 0 Å². The summed E-state index contributed by atoms with van der Waals surface area (Å²) in [4.78, 5) is 4.93. The summed E-state index contributed by atoms with van der Waals surface area (Å²) in [6, 6.07) is 13.4. The van der Waals surface area contributed by atoms with Crippen LogP contribution in [0.3, 0.4) is 0 Å². The van der Waals surface area contributed by atoms with Gasteiger partial charge in [-0.3, -0.25) is 0 Å². The molecule has 3 aromatic rings. The van der Waals surface area contributed by atoms with E-state index in [-0.39, 0.29) is 15.0 Å². The molecule has 5 nitrogen and oxygen atoms in total. The van der Waals surface area contributed by atoms with Crippen molar-refractivity contribution in [1.82, 2.24) is 19.6 Å². The first kappa shape index (κ1) is 22.3. The molecule has 1 aromatic heterocycles. The first-order valence-corrected chi connectivity index (χ1v) is 13.4. The molecule has 166 valence electrons. The van der Waals surface area contributed by atoms with E-state index >= 15 is 0 Å². The molecule has 1 N–H and O–H groups in total. The number of likely N-dealkylation sites (N-methyl/N-ethyl adjacent to an activating group) is 2. The van der Waals surface area contributed by atoms with Crippen LogP contribution in [0.25, 0.3) is 22.2 Å². The second-order valence-corrected chi connectivity index (χ2v) is 10.2. The molecular weight excluding hydrogens is 449 g/mol. The Bertz CT molecular complexity index is 1020. The van der Waals surface area contributed by atoms with Crippen molar-refractivity contribution < 1.29 is 0 Å².